The Morgan fingerprint density at radius 3 is 2.06 bits per heavy atom. The van der Waals surface area contributed by atoms with E-state index in [2.05, 4.69) is 0 Å². The molecule has 2 atom stereocenters. The van der Waals surface area contributed by atoms with E-state index in [9.17, 15) is 22.2 Å². The second-order valence-electron chi connectivity index (χ2n) is 5.35. The number of hydrogen-bond acceptors (Lipinski definition) is 2. The average molecular weight is 272 g/mol. The Kier molecular flexibility index (Phi) is 5.84. The van der Waals surface area contributed by atoms with Crippen LogP contribution in [0, 0.1) is 11.3 Å². The van der Waals surface area contributed by atoms with Crippen LogP contribution in [0.25, 0.3) is 0 Å². The average Bonchev–Trinajstić information content (AvgIpc) is 1.96. The molecule has 0 heterocycles. The van der Waals surface area contributed by atoms with E-state index in [0.717, 1.165) is 0 Å². The maximum atomic E-state index is 11.9. The van der Waals surface area contributed by atoms with Crippen LogP contribution >= 0.6 is 0 Å². The van der Waals surface area contributed by atoms with E-state index in [4.69, 9.17) is 0 Å². The van der Waals surface area contributed by atoms with Gasteiger partial charge in [0.05, 0.1) is 0 Å². The molecular formula is C11H19F3O2S. The van der Waals surface area contributed by atoms with Gasteiger partial charge >= 0.3 is 6.18 Å². The molecule has 6 heteroatoms. The van der Waals surface area contributed by atoms with Gasteiger partial charge in [-0.1, -0.05) is 27.7 Å². The Morgan fingerprint density at radius 1 is 1.24 bits per heavy atom. The first-order valence-electron chi connectivity index (χ1n) is 5.37. The number of carbonyl (C=O) groups is 1. The topological polar surface area (TPSA) is 34.1 Å². The van der Waals surface area contributed by atoms with Crippen LogP contribution < -0.4 is 0 Å². The molecule has 0 aliphatic rings. The molecular weight excluding hydrogens is 253 g/mol. The Labute approximate surface area is 102 Å². The zero-order valence-corrected chi connectivity index (χ0v) is 11.4. The van der Waals surface area contributed by atoms with Gasteiger partial charge in [0.1, 0.15) is 11.5 Å². The van der Waals surface area contributed by atoms with Crippen molar-refractivity contribution in [2.75, 3.05) is 11.5 Å². The smallest absolute Gasteiger partial charge is 0.299 e. The monoisotopic (exact) mass is 272 g/mol. The Balaban J connectivity index is 4.16. The highest BCUT2D eigenvalue weighted by atomic mass is 32.2. The van der Waals surface area contributed by atoms with Crippen LogP contribution in [0.3, 0.4) is 0 Å². The second kappa shape index (κ2) is 5.98. The number of ketones is 1. The fourth-order valence-electron chi connectivity index (χ4n) is 1.24. The third-order valence-corrected chi connectivity index (χ3v) is 3.76. The summed E-state index contributed by atoms with van der Waals surface area (Å²) < 4.78 is 47.0. The molecule has 0 amide bonds. The first-order chi connectivity index (χ1) is 7.42. The molecule has 1 unspecified atom stereocenters. The third kappa shape index (κ3) is 8.35. The van der Waals surface area contributed by atoms with Gasteiger partial charge in [-0.05, 0) is 5.92 Å². The van der Waals surface area contributed by atoms with Gasteiger partial charge in [-0.2, -0.15) is 13.2 Å². The minimum atomic E-state index is -4.40. The molecule has 0 aromatic rings. The van der Waals surface area contributed by atoms with E-state index in [1.807, 2.05) is 0 Å². The van der Waals surface area contributed by atoms with Crippen molar-refractivity contribution in [3.63, 3.8) is 0 Å². The normalized spacial score (nSPS) is 16.6. The summed E-state index contributed by atoms with van der Waals surface area (Å²) in [5.41, 5.74) is -0.500. The van der Waals surface area contributed by atoms with E-state index in [1.54, 1.807) is 27.7 Å². The fraction of sp³-hybridized carbons (Fsp3) is 0.909. The minimum absolute atomic E-state index is 0.0194. The van der Waals surface area contributed by atoms with Crippen LogP contribution in [0.15, 0.2) is 0 Å². The van der Waals surface area contributed by atoms with Gasteiger partial charge in [0.15, 0.2) is 0 Å². The van der Waals surface area contributed by atoms with Gasteiger partial charge < -0.3 is 0 Å². The fourth-order valence-corrected chi connectivity index (χ4v) is 2.48. The zero-order valence-electron chi connectivity index (χ0n) is 10.6. The molecule has 0 N–H and O–H groups in total. The lowest BCUT2D eigenvalue weighted by atomic mass is 9.86. The lowest BCUT2D eigenvalue weighted by Crippen LogP contribution is -2.26. The molecule has 0 rings (SSSR count). The Bertz CT molecular complexity index is 292. The van der Waals surface area contributed by atoms with Crippen LogP contribution in [-0.2, 0) is 15.6 Å². The molecule has 17 heavy (non-hydrogen) atoms. The summed E-state index contributed by atoms with van der Waals surface area (Å²) >= 11 is 0. The predicted molar refractivity (Wildman–Crippen MR) is 62.2 cm³/mol. The SMILES string of the molecule is C[C@@H](CC(=O)C(C)(C)C)CS(=O)CC(F)(F)F. The molecule has 0 bridgehead atoms. The largest absolute Gasteiger partial charge is 0.400 e. The lowest BCUT2D eigenvalue weighted by molar-refractivity contribution is -0.126. The quantitative estimate of drug-likeness (QED) is 0.771. The maximum Gasteiger partial charge on any atom is 0.400 e. The molecule has 0 fully saturated rings. The highest BCUT2D eigenvalue weighted by molar-refractivity contribution is 7.85. The number of alkyl halides is 3. The summed E-state index contributed by atoms with van der Waals surface area (Å²) in [4.78, 5) is 11.6. The molecule has 0 aliphatic heterocycles. The van der Waals surface area contributed by atoms with Gasteiger partial charge in [0, 0.05) is 28.4 Å². The number of rotatable bonds is 5. The van der Waals surface area contributed by atoms with Gasteiger partial charge in [0.2, 0.25) is 0 Å². The van der Waals surface area contributed by atoms with Gasteiger partial charge in [-0.3, -0.25) is 9.00 Å². The van der Waals surface area contributed by atoms with Crippen molar-refractivity contribution in [2.24, 2.45) is 11.3 Å². The van der Waals surface area contributed by atoms with E-state index < -0.39 is 28.1 Å². The molecule has 102 valence electrons. The van der Waals surface area contributed by atoms with Crippen LogP contribution in [0.4, 0.5) is 13.2 Å². The molecule has 0 aromatic heterocycles. The molecule has 0 aromatic carbocycles. The molecule has 0 saturated carbocycles. The van der Waals surface area contributed by atoms with Crippen molar-refractivity contribution in [1.82, 2.24) is 0 Å². The summed E-state index contributed by atoms with van der Waals surface area (Å²) in [5, 5.41) is 0. The van der Waals surface area contributed by atoms with Crippen LogP contribution in [0.5, 0.6) is 0 Å². The van der Waals surface area contributed by atoms with Crippen LogP contribution in [0.2, 0.25) is 0 Å². The Morgan fingerprint density at radius 2 is 1.71 bits per heavy atom. The molecule has 0 saturated heterocycles. The zero-order chi connectivity index (χ0) is 13.9. The Hall–Kier alpha value is -0.390. The molecule has 0 aliphatic carbocycles. The number of hydrogen-bond donors (Lipinski definition) is 0. The maximum absolute atomic E-state index is 11.9. The van der Waals surface area contributed by atoms with E-state index >= 15 is 0 Å². The van der Waals surface area contributed by atoms with Crippen molar-refractivity contribution in [1.29, 1.82) is 0 Å². The van der Waals surface area contributed by atoms with Crippen LogP contribution in [-0.4, -0.2) is 27.7 Å². The first kappa shape index (κ1) is 16.6. The number of halogens is 3. The summed E-state index contributed by atoms with van der Waals surface area (Å²) in [6.45, 7) is 6.93. The highest BCUT2D eigenvalue weighted by Gasteiger charge is 2.31. The van der Waals surface area contributed by atoms with E-state index in [1.165, 1.54) is 0 Å². The molecule has 0 radical (unpaired) electrons. The molecule has 2 nitrogen and oxygen atoms in total. The number of carbonyl (C=O) groups excluding carboxylic acids is 1. The lowest BCUT2D eigenvalue weighted by Gasteiger charge is -2.19. The predicted octanol–water partition coefficient (Wildman–Crippen LogP) is 2.94. The van der Waals surface area contributed by atoms with Crippen molar-refractivity contribution >= 4 is 16.6 Å². The third-order valence-electron chi connectivity index (χ3n) is 2.17. The summed E-state index contributed by atoms with van der Waals surface area (Å²) in [5.74, 6) is -1.68. The number of Topliss-reactive ketones (excluding diaryl/α,β-unsaturated/α-hetero) is 1. The summed E-state index contributed by atoms with van der Waals surface area (Å²) in [7, 11) is -1.94. The standard InChI is InChI=1S/C11H19F3O2S/c1-8(5-9(15)10(2,3)4)6-17(16)7-11(12,13)14/h8H,5-7H2,1-4H3/t8-,17?/m0/s1. The van der Waals surface area contributed by atoms with E-state index in [-0.39, 0.29) is 23.9 Å². The highest BCUT2D eigenvalue weighted by Crippen LogP contribution is 2.21. The summed E-state index contributed by atoms with van der Waals surface area (Å²) in [6.07, 6.45) is -4.23. The van der Waals surface area contributed by atoms with Gasteiger partial charge in [0.25, 0.3) is 0 Å². The summed E-state index contributed by atoms with van der Waals surface area (Å²) in [6, 6.07) is 0. The van der Waals surface area contributed by atoms with Crippen molar-refractivity contribution in [3.8, 4) is 0 Å². The van der Waals surface area contributed by atoms with Crippen molar-refractivity contribution in [3.05, 3.63) is 0 Å². The second-order valence-corrected chi connectivity index (χ2v) is 6.85. The first-order valence-corrected chi connectivity index (χ1v) is 6.85. The van der Waals surface area contributed by atoms with Crippen LogP contribution in [0.1, 0.15) is 34.1 Å². The van der Waals surface area contributed by atoms with Gasteiger partial charge in [-0.15, -0.1) is 0 Å². The van der Waals surface area contributed by atoms with E-state index in [0.29, 0.717) is 0 Å². The van der Waals surface area contributed by atoms with Gasteiger partial charge in [-0.25, -0.2) is 0 Å². The van der Waals surface area contributed by atoms with Crippen molar-refractivity contribution < 1.29 is 22.2 Å². The molecule has 0 spiro atoms. The van der Waals surface area contributed by atoms with Crippen molar-refractivity contribution in [2.45, 2.75) is 40.3 Å². The minimum Gasteiger partial charge on any atom is -0.299 e.